The van der Waals surface area contributed by atoms with Crippen molar-refractivity contribution in [3.05, 3.63) is 33.9 Å². The molecule has 0 radical (unpaired) electrons. The summed E-state index contributed by atoms with van der Waals surface area (Å²) in [7, 11) is 1.31. The molecule has 1 amide bonds. The number of rotatable bonds is 7. The summed E-state index contributed by atoms with van der Waals surface area (Å²) < 4.78 is 5.03. The summed E-state index contributed by atoms with van der Waals surface area (Å²) in [5.41, 5.74) is 0.0613. The van der Waals surface area contributed by atoms with Crippen LogP contribution in [0.4, 0.5) is 5.69 Å². The van der Waals surface area contributed by atoms with Gasteiger partial charge in [-0.25, -0.2) is 0 Å². The van der Waals surface area contributed by atoms with Gasteiger partial charge >= 0.3 is 5.69 Å². The van der Waals surface area contributed by atoms with Gasteiger partial charge in [0.25, 0.3) is 5.91 Å². The average molecular weight is 313 g/mol. The third-order valence-electron chi connectivity index (χ3n) is 3.85. The molecule has 1 fully saturated rings. The molecule has 1 saturated carbocycles. The maximum atomic E-state index is 12.2. The van der Waals surface area contributed by atoms with Crippen molar-refractivity contribution in [2.45, 2.75) is 19.3 Å². The van der Waals surface area contributed by atoms with Crippen molar-refractivity contribution in [1.82, 2.24) is 5.32 Å². The average Bonchev–Trinajstić information content (AvgIpc) is 3.24. The van der Waals surface area contributed by atoms with Crippen LogP contribution in [0.3, 0.4) is 0 Å². The molecular formula is C14H17ClN2O4. The number of halogens is 1. The van der Waals surface area contributed by atoms with Crippen LogP contribution < -0.4 is 10.1 Å². The Morgan fingerprint density at radius 2 is 2.24 bits per heavy atom. The largest absolute Gasteiger partial charge is 0.490 e. The molecule has 1 aromatic rings. The molecule has 114 valence electrons. The zero-order valence-corrected chi connectivity index (χ0v) is 12.5. The zero-order chi connectivity index (χ0) is 15.5. The fourth-order valence-corrected chi connectivity index (χ4v) is 2.72. The number of nitrogens with one attached hydrogen (secondary N) is 1. The Morgan fingerprint density at radius 1 is 1.52 bits per heavy atom. The van der Waals surface area contributed by atoms with Gasteiger partial charge < -0.3 is 10.1 Å². The molecule has 0 aliphatic heterocycles. The number of benzene rings is 1. The highest BCUT2D eigenvalue weighted by Gasteiger charge is 2.42. The maximum absolute atomic E-state index is 12.2. The number of hydrogen-bond acceptors (Lipinski definition) is 4. The highest BCUT2D eigenvalue weighted by Crippen LogP contribution is 2.48. The predicted molar refractivity (Wildman–Crippen MR) is 79.0 cm³/mol. The van der Waals surface area contributed by atoms with E-state index >= 15 is 0 Å². The molecule has 0 atom stereocenters. The lowest BCUT2D eigenvalue weighted by molar-refractivity contribution is -0.385. The molecule has 0 aromatic heterocycles. The summed E-state index contributed by atoms with van der Waals surface area (Å²) in [6, 6.07) is 4.30. The maximum Gasteiger partial charge on any atom is 0.311 e. The lowest BCUT2D eigenvalue weighted by atomic mass is 10.0. The monoisotopic (exact) mass is 312 g/mol. The van der Waals surface area contributed by atoms with Gasteiger partial charge in [-0.1, -0.05) is 6.07 Å². The number of hydrogen-bond donors (Lipinski definition) is 1. The molecule has 1 aromatic carbocycles. The van der Waals surface area contributed by atoms with Crippen LogP contribution in [-0.4, -0.2) is 30.4 Å². The van der Waals surface area contributed by atoms with Crippen molar-refractivity contribution >= 4 is 23.2 Å². The Labute approximate surface area is 127 Å². The lowest BCUT2D eigenvalue weighted by Crippen LogP contribution is -2.30. The number of carbonyl (C=O) groups is 1. The Balaban J connectivity index is 2.12. The molecule has 6 nitrogen and oxygen atoms in total. The molecule has 0 bridgehead atoms. The molecule has 1 aliphatic carbocycles. The minimum atomic E-state index is -0.564. The second-order valence-corrected chi connectivity index (χ2v) is 5.61. The van der Waals surface area contributed by atoms with E-state index in [0.29, 0.717) is 12.4 Å². The summed E-state index contributed by atoms with van der Waals surface area (Å²) in [4.78, 5) is 22.6. The first kappa shape index (κ1) is 15.6. The molecule has 2 rings (SSSR count). The second kappa shape index (κ2) is 6.30. The number of nitro groups is 1. The highest BCUT2D eigenvalue weighted by atomic mass is 35.5. The topological polar surface area (TPSA) is 81.5 Å². The summed E-state index contributed by atoms with van der Waals surface area (Å²) in [5.74, 6) is 0.189. The lowest BCUT2D eigenvalue weighted by Gasteiger charge is -2.15. The summed E-state index contributed by atoms with van der Waals surface area (Å²) in [6.07, 6.45) is 2.96. The van der Waals surface area contributed by atoms with Crippen molar-refractivity contribution in [1.29, 1.82) is 0 Å². The minimum Gasteiger partial charge on any atom is -0.490 e. The van der Waals surface area contributed by atoms with E-state index in [2.05, 4.69) is 5.32 Å². The number of nitro benzene ring substituents is 1. The minimum absolute atomic E-state index is 0.0119. The fourth-order valence-electron chi connectivity index (χ4n) is 2.32. The SMILES string of the molecule is COc1c(C(=O)NCC2(CCCl)CC2)cccc1[N+](=O)[O-]. The third-order valence-corrected chi connectivity index (χ3v) is 4.03. The number of ether oxygens (including phenoxy) is 1. The third kappa shape index (κ3) is 3.44. The normalized spacial score (nSPS) is 15.3. The number of methoxy groups -OCH3 is 1. The number of carbonyl (C=O) groups excluding carboxylic acids is 1. The first-order chi connectivity index (χ1) is 10.0. The van der Waals surface area contributed by atoms with Gasteiger partial charge in [-0.2, -0.15) is 0 Å². The van der Waals surface area contributed by atoms with Crippen molar-refractivity contribution in [2.75, 3.05) is 19.5 Å². The van der Waals surface area contributed by atoms with Crippen LogP contribution in [0, 0.1) is 15.5 Å². The van der Waals surface area contributed by atoms with Gasteiger partial charge in [0.1, 0.15) is 0 Å². The van der Waals surface area contributed by atoms with Gasteiger partial charge in [0.05, 0.1) is 17.6 Å². The Hall–Kier alpha value is -1.82. The van der Waals surface area contributed by atoms with Gasteiger partial charge in [-0.3, -0.25) is 14.9 Å². The van der Waals surface area contributed by atoms with Crippen molar-refractivity contribution in [3.63, 3.8) is 0 Å². The van der Waals surface area contributed by atoms with Gasteiger partial charge in [0, 0.05) is 18.5 Å². The van der Waals surface area contributed by atoms with E-state index in [1.807, 2.05) is 0 Å². The first-order valence-electron chi connectivity index (χ1n) is 6.68. The summed E-state index contributed by atoms with van der Waals surface area (Å²) in [5, 5.41) is 13.8. The fraction of sp³-hybridized carbons (Fsp3) is 0.500. The van der Waals surface area contributed by atoms with E-state index < -0.39 is 4.92 Å². The van der Waals surface area contributed by atoms with E-state index in [9.17, 15) is 14.9 Å². The van der Waals surface area contributed by atoms with Crippen LogP contribution >= 0.6 is 11.6 Å². The van der Waals surface area contributed by atoms with Crippen LogP contribution in [-0.2, 0) is 0 Å². The Kier molecular flexibility index (Phi) is 4.67. The standard InChI is InChI=1S/C14H17ClN2O4/c1-21-12-10(3-2-4-11(12)17(19)20)13(18)16-9-14(5-6-14)7-8-15/h2-4H,5-9H2,1H3,(H,16,18). The smallest absolute Gasteiger partial charge is 0.311 e. The molecule has 21 heavy (non-hydrogen) atoms. The van der Waals surface area contributed by atoms with E-state index in [0.717, 1.165) is 19.3 Å². The van der Waals surface area contributed by atoms with E-state index in [-0.39, 0.29) is 28.3 Å². The quantitative estimate of drug-likeness (QED) is 0.477. The molecule has 7 heteroatoms. The highest BCUT2D eigenvalue weighted by molar-refractivity contribution is 6.17. The van der Waals surface area contributed by atoms with E-state index in [4.69, 9.17) is 16.3 Å². The van der Waals surface area contributed by atoms with Crippen molar-refractivity contribution in [3.8, 4) is 5.75 Å². The zero-order valence-electron chi connectivity index (χ0n) is 11.7. The number of para-hydroxylation sites is 1. The molecular weight excluding hydrogens is 296 g/mol. The van der Waals surface area contributed by atoms with Crippen LogP contribution in [0.5, 0.6) is 5.75 Å². The first-order valence-corrected chi connectivity index (χ1v) is 7.22. The molecule has 0 heterocycles. The predicted octanol–water partition coefficient (Wildman–Crippen LogP) is 2.74. The van der Waals surface area contributed by atoms with Gasteiger partial charge in [0.15, 0.2) is 0 Å². The van der Waals surface area contributed by atoms with Gasteiger partial charge in [0.2, 0.25) is 5.75 Å². The van der Waals surface area contributed by atoms with Gasteiger partial charge in [-0.05, 0) is 30.7 Å². The van der Waals surface area contributed by atoms with E-state index in [1.165, 1.54) is 25.3 Å². The summed E-state index contributed by atoms with van der Waals surface area (Å²) >= 11 is 5.75. The molecule has 0 unspecified atom stereocenters. The molecule has 0 spiro atoms. The Morgan fingerprint density at radius 3 is 2.76 bits per heavy atom. The van der Waals surface area contributed by atoms with Crippen molar-refractivity contribution in [2.24, 2.45) is 5.41 Å². The Bertz CT molecular complexity index is 558. The van der Waals surface area contributed by atoms with Gasteiger partial charge in [-0.15, -0.1) is 11.6 Å². The summed E-state index contributed by atoms with van der Waals surface area (Å²) in [6.45, 7) is 0.532. The molecule has 1 N–H and O–H groups in total. The van der Waals surface area contributed by atoms with Crippen LogP contribution in [0.2, 0.25) is 0 Å². The van der Waals surface area contributed by atoms with Crippen LogP contribution in [0.15, 0.2) is 18.2 Å². The molecule has 1 aliphatic rings. The molecule has 0 saturated heterocycles. The number of nitrogens with zero attached hydrogens (tertiary/aromatic N) is 1. The van der Waals surface area contributed by atoms with Crippen LogP contribution in [0.25, 0.3) is 0 Å². The number of alkyl halides is 1. The second-order valence-electron chi connectivity index (χ2n) is 5.24. The number of amides is 1. The van der Waals surface area contributed by atoms with E-state index in [1.54, 1.807) is 0 Å². The van der Waals surface area contributed by atoms with Crippen molar-refractivity contribution < 1.29 is 14.5 Å². The van der Waals surface area contributed by atoms with Crippen LogP contribution in [0.1, 0.15) is 29.6 Å².